The SMILES string of the molecule is Cc1cc(NN)c(C(=O)N2CCc3sccc3C2)cn1. The summed E-state index contributed by atoms with van der Waals surface area (Å²) in [5, 5.41) is 2.08. The van der Waals surface area contributed by atoms with Crippen molar-refractivity contribution in [2.45, 2.75) is 19.9 Å². The zero-order chi connectivity index (χ0) is 14.1. The predicted octanol–water partition coefficient (Wildman–Crippen LogP) is 1.94. The molecule has 20 heavy (non-hydrogen) atoms. The first-order valence-electron chi connectivity index (χ1n) is 6.47. The van der Waals surface area contributed by atoms with Crippen LogP contribution in [-0.4, -0.2) is 22.3 Å². The van der Waals surface area contributed by atoms with Crippen LogP contribution < -0.4 is 11.3 Å². The lowest BCUT2D eigenvalue weighted by molar-refractivity contribution is 0.0736. The molecule has 0 aliphatic carbocycles. The van der Waals surface area contributed by atoms with Crippen molar-refractivity contribution in [1.29, 1.82) is 0 Å². The molecule has 0 unspecified atom stereocenters. The summed E-state index contributed by atoms with van der Waals surface area (Å²) in [6.45, 7) is 3.27. The molecular formula is C14H16N4OS. The van der Waals surface area contributed by atoms with Gasteiger partial charge in [-0.25, -0.2) is 0 Å². The van der Waals surface area contributed by atoms with E-state index in [0.717, 1.165) is 18.7 Å². The normalized spacial score (nSPS) is 14.0. The Morgan fingerprint density at radius 3 is 3.20 bits per heavy atom. The van der Waals surface area contributed by atoms with Gasteiger partial charge in [0.25, 0.3) is 5.91 Å². The van der Waals surface area contributed by atoms with Crippen LogP contribution in [0.15, 0.2) is 23.7 Å². The summed E-state index contributed by atoms with van der Waals surface area (Å²) >= 11 is 1.76. The summed E-state index contributed by atoms with van der Waals surface area (Å²) in [6, 6.07) is 3.88. The fourth-order valence-electron chi connectivity index (χ4n) is 2.44. The van der Waals surface area contributed by atoms with E-state index in [1.807, 2.05) is 11.8 Å². The third kappa shape index (κ3) is 2.28. The minimum Gasteiger partial charge on any atom is -0.334 e. The lowest BCUT2D eigenvalue weighted by Gasteiger charge is -2.27. The molecule has 3 heterocycles. The Morgan fingerprint density at radius 1 is 1.55 bits per heavy atom. The Bertz CT molecular complexity index is 652. The number of anilines is 1. The minimum absolute atomic E-state index is 0.0256. The number of pyridine rings is 1. The molecule has 0 aromatic carbocycles. The molecule has 3 N–H and O–H groups in total. The van der Waals surface area contributed by atoms with Crippen molar-refractivity contribution in [2.75, 3.05) is 12.0 Å². The lowest BCUT2D eigenvalue weighted by atomic mass is 10.1. The van der Waals surface area contributed by atoms with Gasteiger partial charge in [-0.05, 0) is 36.4 Å². The first-order valence-corrected chi connectivity index (χ1v) is 7.35. The number of aromatic nitrogens is 1. The van der Waals surface area contributed by atoms with Crippen LogP contribution in [-0.2, 0) is 13.0 Å². The number of hydrazine groups is 1. The van der Waals surface area contributed by atoms with Crippen molar-refractivity contribution in [2.24, 2.45) is 5.84 Å². The monoisotopic (exact) mass is 288 g/mol. The second-order valence-electron chi connectivity index (χ2n) is 4.86. The maximum absolute atomic E-state index is 12.6. The molecule has 0 atom stereocenters. The number of carbonyl (C=O) groups is 1. The predicted molar refractivity (Wildman–Crippen MR) is 79.5 cm³/mol. The number of rotatable bonds is 2. The number of nitrogens with one attached hydrogen (secondary N) is 1. The number of nitrogens with zero attached hydrogens (tertiary/aromatic N) is 2. The van der Waals surface area contributed by atoms with Gasteiger partial charge in [-0.3, -0.25) is 15.6 Å². The number of fused-ring (bicyclic) bond motifs is 1. The smallest absolute Gasteiger partial charge is 0.257 e. The molecule has 1 aliphatic heterocycles. The van der Waals surface area contributed by atoms with E-state index in [4.69, 9.17) is 5.84 Å². The third-order valence-corrected chi connectivity index (χ3v) is 4.54. The molecule has 5 nitrogen and oxygen atoms in total. The van der Waals surface area contributed by atoms with E-state index in [1.54, 1.807) is 23.6 Å². The van der Waals surface area contributed by atoms with Crippen LogP contribution in [0.25, 0.3) is 0 Å². The Labute approximate surface area is 121 Å². The van der Waals surface area contributed by atoms with Gasteiger partial charge in [-0.1, -0.05) is 0 Å². The summed E-state index contributed by atoms with van der Waals surface area (Å²) in [5.74, 6) is 5.47. The number of nitrogen functional groups attached to an aromatic ring is 1. The van der Waals surface area contributed by atoms with E-state index in [0.29, 0.717) is 17.8 Å². The van der Waals surface area contributed by atoms with Crippen molar-refractivity contribution < 1.29 is 4.79 Å². The lowest BCUT2D eigenvalue weighted by Crippen LogP contribution is -2.36. The molecule has 1 amide bonds. The number of thiophene rings is 1. The molecule has 0 saturated carbocycles. The highest BCUT2D eigenvalue weighted by Crippen LogP contribution is 2.26. The van der Waals surface area contributed by atoms with E-state index in [2.05, 4.69) is 21.9 Å². The molecule has 6 heteroatoms. The van der Waals surface area contributed by atoms with Crippen molar-refractivity contribution in [3.8, 4) is 0 Å². The molecule has 0 radical (unpaired) electrons. The Hall–Kier alpha value is -1.92. The van der Waals surface area contributed by atoms with Gasteiger partial charge in [-0.15, -0.1) is 11.3 Å². The summed E-state index contributed by atoms with van der Waals surface area (Å²) in [4.78, 5) is 20.0. The van der Waals surface area contributed by atoms with E-state index >= 15 is 0 Å². The molecule has 104 valence electrons. The van der Waals surface area contributed by atoms with E-state index in [1.165, 1.54) is 10.4 Å². The maximum atomic E-state index is 12.6. The minimum atomic E-state index is -0.0256. The van der Waals surface area contributed by atoms with Gasteiger partial charge in [0.1, 0.15) is 0 Å². The summed E-state index contributed by atoms with van der Waals surface area (Å²) < 4.78 is 0. The number of nitrogens with two attached hydrogens (primary N) is 1. The number of aryl methyl sites for hydroxylation is 1. The fourth-order valence-corrected chi connectivity index (χ4v) is 3.33. The molecule has 1 aliphatic rings. The Kier molecular flexibility index (Phi) is 3.42. The van der Waals surface area contributed by atoms with Crippen molar-refractivity contribution >= 4 is 22.9 Å². The second-order valence-corrected chi connectivity index (χ2v) is 5.86. The van der Waals surface area contributed by atoms with Crippen molar-refractivity contribution in [1.82, 2.24) is 9.88 Å². The van der Waals surface area contributed by atoms with Crippen LogP contribution in [0.5, 0.6) is 0 Å². The fraction of sp³-hybridized carbons (Fsp3) is 0.286. The quantitative estimate of drug-likeness (QED) is 0.654. The van der Waals surface area contributed by atoms with Gasteiger partial charge in [0.2, 0.25) is 0 Å². The molecule has 0 bridgehead atoms. The van der Waals surface area contributed by atoms with Crippen LogP contribution in [0.3, 0.4) is 0 Å². The number of hydrogen-bond acceptors (Lipinski definition) is 5. The summed E-state index contributed by atoms with van der Waals surface area (Å²) in [6.07, 6.45) is 2.51. The largest absolute Gasteiger partial charge is 0.334 e. The highest BCUT2D eigenvalue weighted by atomic mass is 32.1. The third-order valence-electron chi connectivity index (χ3n) is 3.52. The Morgan fingerprint density at radius 2 is 2.40 bits per heavy atom. The molecule has 0 spiro atoms. The Balaban J connectivity index is 1.87. The molecule has 3 rings (SSSR count). The molecule has 2 aromatic rings. The van der Waals surface area contributed by atoms with Gasteiger partial charge in [0.15, 0.2) is 0 Å². The van der Waals surface area contributed by atoms with Crippen LogP contribution in [0, 0.1) is 6.92 Å². The van der Waals surface area contributed by atoms with Gasteiger partial charge in [-0.2, -0.15) is 0 Å². The maximum Gasteiger partial charge on any atom is 0.257 e. The highest BCUT2D eigenvalue weighted by Gasteiger charge is 2.24. The zero-order valence-electron chi connectivity index (χ0n) is 11.2. The van der Waals surface area contributed by atoms with E-state index < -0.39 is 0 Å². The highest BCUT2D eigenvalue weighted by molar-refractivity contribution is 7.10. The molecule has 2 aromatic heterocycles. The number of hydrogen-bond donors (Lipinski definition) is 2. The van der Waals surface area contributed by atoms with Gasteiger partial charge in [0, 0.05) is 29.9 Å². The van der Waals surface area contributed by atoms with Crippen molar-refractivity contribution in [3.05, 3.63) is 45.4 Å². The van der Waals surface area contributed by atoms with Gasteiger partial charge >= 0.3 is 0 Å². The average Bonchev–Trinajstić information content (AvgIpc) is 2.93. The van der Waals surface area contributed by atoms with Crippen LogP contribution in [0.1, 0.15) is 26.5 Å². The van der Waals surface area contributed by atoms with Crippen LogP contribution in [0.2, 0.25) is 0 Å². The first-order chi connectivity index (χ1) is 9.69. The number of carbonyl (C=O) groups excluding carboxylic acids is 1. The zero-order valence-corrected chi connectivity index (χ0v) is 12.0. The van der Waals surface area contributed by atoms with E-state index in [-0.39, 0.29) is 5.91 Å². The molecule has 0 saturated heterocycles. The van der Waals surface area contributed by atoms with Crippen molar-refractivity contribution in [3.63, 3.8) is 0 Å². The topological polar surface area (TPSA) is 71.2 Å². The second kappa shape index (κ2) is 5.22. The molecule has 0 fully saturated rings. The van der Waals surface area contributed by atoms with Gasteiger partial charge < -0.3 is 10.3 Å². The average molecular weight is 288 g/mol. The summed E-state index contributed by atoms with van der Waals surface area (Å²) in [7, 11) is 0. The molecular weight excluding hydrogens is 272 g/mol. The standard InChI is InChI=1S/C14H16N4OS/c1-9-6-12(17-15)11(7-16-9)14(19)18-4-2-13-10(8-18)3-5-20-13/h3,5-7H,2,4,8,15H2,1H3,(H,16,17). The summed E-state index contributed by atoms with van der Waals surface area (Å²) in [5.41, 5.74) is 5.81. The van der Waals surface area contributed by atoms with Gasteiger partial charge in [0.05, 0.1) is 11.3 Å². The number of amides is 1. The van der Waals surface area contributed by atoms with E-state index in [9.17, 15) is 4.79 Å². The van der Waals surface area contributed by atoms with Crippen LogP contribution in [0.4, 0.5) is 5.69 Å². The first kappa shape index (κ1) is 13.1. The van der Waals surface area contributed by atoms with Crippen LogP contribution >= 0.6 is 11.3 Å².